The van der Waals surface area contributed by atoms with E-state index in [1.54, 1.807) is 34.6 Å². The van der Waals surface area contributed by atoms with Crippen LogP contribution in [-0.4, -0.2) is 41.1 Å². The van der Waals surface area contributed by atoms with Gasteiger partial charge in [-0.05, 0) is 26.8 Å². The molecule has 2 N–H and O–H groups in total. The van der Waals surface area contributed by atoms with Gasteiger partial charge in [0, 0.05) is 30.9 Å². The van der Waals surface area contributed by atoms with Gasteiger partial charge in [-0.2, -0.15) is 0 Å². The largest absolute Gasteiger partial charge is 0.491 e. The Morgan fingerprint density at radius 3 is 2.44 bits per heavy atom. The topological polar surface area (TPSA) is 116 Å². The number of Topliss-reactive ketones (excluding diaryl/α,β-unsaturated/α-hetero) is 1. The van der Waals surface area contributed by atoms with E-state index in [-0.39, 0.29) is 35.7 Å². The maximum atomic E-state index is 13.9. The summed E-state index contributed by atoms with van der Waals surface area (Å²) in [7, 11) is 1.21. The highest BCUT2D eigenvalue weighted by Gasteiger charge is 2.46. The van der Waals surface area contributed by atoms with E-state index < -0.39 is 51.9 Å². The molecule has 11 heteroatoms. The van der Waals surface area contributed by atoms with Crippen molar-refractivity contribution in [1.29, 1.82) is 0 Å². The Hall–Kier alpha value is -3.76. The number of ether oxygens (including phenoxy) is 2. The Bertz CT molecular complexity index is 1280. The van der Waals surface area contributed by atoms with E-state index in [9.17, 15) is 28.0 Å². The molecule has 1 unspecified atom stereocenters. The third-order valence-electron chi connectivity index (χ3n) is 5.88. The molecule has 0 fully saturated rings. The Labute approximate surface area is 206 Å². The van der Waals surface area contributed by atoms with Crippen molar-refractivity contribution in [3.63, 3.8) is 0 Å². The van der Waals surface area contributed by atoms with Gasteiger partial charge in [0.15, 0.2) is 11.5 Å². The van der Waals surface area contributed by atoms with Gasteiger partial charge in [-0.1, -0.05) is 19.9 Å². The molecule has 1 aromatic heterocycles. The summed E-state index contributed by atoms with van der Waals surface area (Å²) >= 11 is 0. The van der Waals surface area contributed by atoms with Gasteiger partial charge < -0.3 is 24.7 Å². The van der Waals surface area contributed by atoms with Crippen LogP contribution in [0.15, 0.2) is 29.2 Å². The predicted octanol–water partition coefficient (Wildman–Crippen LogP) is 3.18. The Balaban J connectivity index is 1.95. The van der Waals surface area contributed by atoms with E-state index >= 15 is 0 Å². The summed E-state index contributed by atoms with van der Waals surface area (Å²) in [5.74, 6) is -3.24. The fourth-order valence-corrected chi connectivity index (χ4v) is 3.87. The SMILES string of the molecule is COc1c2n(cc(C(=O)NCc3ccc(F)cc3F)c1=O)CC(NC(=O)OC(C)(C)C)C(C)(C)C2=O. The van der Waals surface area contributed by atoms with Crippen molar-refractivity contribution < 1.29 is 32.6 Å². The van der Waals surface area contributed by atoms with Crippen LogP contribution in [0.25, 0.3) is 0 Å². The highest BCUT2D eigenvalue weighted by molar-refractivity contribution is 6.03. The van der Waals surface area contributed by atoms with Crippen LogP contribution in [-0.2, 0) is 17.8 Å². The first kappa shape index (κ1) is 26.8. The predicted molar refractivity (Wildman–Crippen MR) is 126 cm³/mol. The number of pyridine rings is 1. The first-order chi connectivity index (χ1) is 16.7. The van der Waals surface area contributed by atoms with E-state index in [0.717, 1.165) is 6.07 Å². The molecule has 1 aliphatic rings. The number of halogens is 2. The standard InChI is InChI=1S/C25H29F2N3O6/c1-24(2,3)36-23(34)29-17-12-30-11-15(19(31)20(35-6)18(30)21(32)25(17,4)5)22(33)28-10-13-7-8-14(26)9-16(13)27/h7-9,11,17H,10,12H2,1-6H3,(H,28,33)(H,29,34). The second-order valence-corrected chi connectivity index (χ2v) is 10.1. The number of fused-ring (bicyclic) bond motifs is 1. The lowest BCUT2D eigenvalue weighted by atomic mass is 9.76. The van der Waals surface area contributed by atoms with Crippen LogP contribution in [0.5, 0.6) is 5.75 Å². The lowest BCUT2D eigenvalue weighted by Gasteiger charge is -2.40. The molecule has 9 nitrogen and oxygen atoms in total. The zero-order valence-electron chi connectivity index (χ0n) is 21.0. The van der Waals surface area contributed by atoms with Gasteiger partial charge in [-0.25, -0.2) is 13.6 Å². The summed E-state index contributed by atoms with van der Waals surface area (Å²) in [5.41, 5.74) is -3.05. The fraction of sp³-hybridized carbons (Fsp3) is 0.440. The normalized spacial score (nSPS) is 16.7. The number of carbonyl (C=O) groups excluding carboxylic acids is 3. The van der Waals surface area contributed by atoms with Gasteiger partial charge in [0.1, 0.15) is 28.5 Å². The average molecular weight is 506 g/mol. The molecule has 2 aromatic rings. The minimum atomic E-state index is -1.12. The number of ketones is 1. The van der Waals surface area contributed by atoms with Gasteiger partial charge in [0.2, 0.25) is 5.43 Å². The third-order valence-corrected chi connectivity index (χ3v) is 5.88. The van der Waals surface area contributed by atoms with Crippen LogP contribution in [0.1, 0.15) is 61.0 Å². The summed E-state index contributed by atoms with van der Waals surface area (Å²) in [6.07, 6.45) is 0.483. The van der Waals surface area contributed by atoms with E-state index in [1.807, 2.05) is 0 Å². The quantitative estimate of drug-likeness (QED) is 0.645. The first-order valence-electron chi connectivity index (χ1n) is 11.2. The highest BCUT2D eigenvalue weighted by atomic mass is 19.1. The van der Waals surface area contributed by atoms with Gasteiger partial charge in [0.05, 0.1) is 18.6 Å². The molecular formula is C25H29F2N3O6. The molecule has 0 bridgehead atoms. The van der Waals surface area contributed by atoms with Crippen LogP contribution in [0.2, 0.25) is 0 Å². The van der Waals surface area contributed by atoms with Crippen molar-refractivity contribution >= 4 is 17.8 Å². The molecule has 1 atom stereocenters. The molecule has 1 aromatic carbocycles. The molecule has 1 aliphatic heterocycles. The third kappa shape index (κ3) is 5.39. The second kappa shape index (κ2) is 9.71. The zero-order valence-corrected chi connectivity index (χ0v) is 21.0. The smallest absolute Gasteiger partial charge is 0.407 e. The molecule has 0 aliphatic carbocycles. The molecule has 36 heavy (non-hydrogen) atoms. The highest BCUT2D eigenvalue weighted by Crippen LogP contribution is 2.35. The van der Waals surface area contributed by atoms with Crippen LogP contribution < -0.4 is 20.8 Å². The average Bonchev–Trinajstić information content (AvgIpc) is 2.75. The lowest BCUT2D eigenvalue weighted by Crippen LogP contribution is -2.56. The van der Waals surface area contributed by atoms with Gasteiger partial charge in [-0.15, -0.1) is 0 Å². The van der Waals surface area contributed by atoms with Gasteiger partial charge >= 0.3 is 6.09 Å². The molecule has 0 spiro atoms. The number of aromatic nitrogens is 1. The number of amides is 2. The maximum Gasteiger partial charge on any atom is 0.407 e. The fourth-order valence-electron chi connectivity index (χ4n) is 3.87. The second-order valence-electron chi connectivity index (χ2n) is 10.1. The molecule has 2 heterocycles. The molecule has 2 amide bonds. The number of hydrogen-bond acceptors (Lipinski definition) is 6. The summed E-state index contributed by atoms with van der Waals surface area (Å²) in [6.45, 7) is 8.11. The van der Waals surface area contributed by atoms with E-state index in [2.05, 4.69) is 10.6 Å². The minimum absolute atomic E-state index is 0.0216. The molecule has 3 rings (SSSR count). The van der Waals surface area contributed by atoms with Crippen LogP contribution in [0.4, 0.5) is 13.6 Å². The van der Waals surface area contributed by atoms with E-state index in [4.69, 9.17) is 9.47 Å². The van der Waals surface area contributed by atoms with Crippen LogP contribution >= 0.6 is 0 Å². The van der Waals surface area contributed by atoms with Gasteiger partial charge in [-0.3, -0.25) is 14.4 Å². The van der Waals surface area contributed by atoms with Crippen molar-refractivity contribution in [3.8, 4) is 5.75 Å². The zero-order chi connectivity index (χ0) is 27.0. The number of carbonyl (C=O) groups is 3. The van der Waals surface area contributed by atoms with Crippen molar-refractivity contribution in [2.75, 3.05) is 7.11 Å². The van der Waals surface area contributed by atoms with Crippen molar-refractivity contribution in [2.24, 2.45) is 5.41 Å². The Morgan fingerprint density at radius 1 is 1.19 bits per heavy atom. The first-order valence-corrected chi connectivity index (χ1v) is 11.2. The number of nitrogens with one attached hydrogen (secondary N) is 2. The monoisotopic (exact) mass is 505 g/mol. The molecule has 194 valence electrons. The molecule has 0 saturated carbocycles. The van der Waals surface area contributed by atoms with Gasteiger partial charge in [0.25, 0.3) is 5.91 Å². The van der Waals surface area contributed by atoms with Crippen LogP contribution in [0, 0.1) is 17.0 Å². The Morgan fingerprint density at radius 2 is 1.86 bits per heavy atom. The number of benzene rings is 1. The van der Waals surface area contributed by atoms with E-state index in [1.165, 1.54) is 23.9 Å². The molecule has 0 radical (unpaired) electrons. The molecular weight excluding hydrogens is 476 g/mol. The summed E-state index contributed by atoms with van der Waals surface area (Å²) < 4.78 is 39.0. The maximum absolute atomic E-state index is 13.9. The van der Waals surface area contributed by atoms with Crippen molar-refractivity contribution in [2.45, 2.75) is 59.4 Å². The molecule has 0 saturated heterocycles. The van der Waals surface area contributed by atoms with Crippen molar-refractivity contribution in [1.82, 2.24) is 15.2 Å². The number of rotatable bonds is 5. The summed E-state index contributed by atoms with van der Waals surface area (Å²) in [4.78, 5) is 51.7. The number of methoxy groups -OCH3 is 1. The van der Waals surface area contributed by atoms with Crippen molar-refractivity contribution in [3.05, 3.63) is 63.1 Å². The summed E-state index contributed by atoms with van der Waals surface area (Å²) in [5, 5.41) is 5.13. The number of nitrogens with zero attached hydrogens (tertiary/aromatic N) is 1. The lowest BCUT2D eigenvalue weighted by molar-refractivity contribution is 0.0416. The van der Waals surface area contributed by atoms with E-state index in [0.29, 0.717) is 6.07 Å². The minimum Gasteiger partial charge on any atom is -0.491 e. The Kier molecular flexibility index (Phi) is 7.24. The number of hydrogen-bond donors (Lipinski definition) is 2. The number of alkyl carbamates (subject to hydrolysis) is 1. The summed E-state index contributed by atoms with van der Waals surface area (Å²) in [6, 6.07) is 2.18. The van der Waals surface area contributed by atoms with Crippen LogP contribution in [0.3, 0.4) is 0 Å².